The third-order valence-corrected chi connectivity index (χ3v) is 3.77. The summed E-state index contributed by atoms with van der Waals surface area (Å²) in [5.41, 5.74) is 2.20. The third kappa shape index (κ3) is 2.90. The fourth-order valence-electron chi connectivity index (χ4n) is 2.58. The SMILES string of the molecule is CCC1COCCN1c1cc(C)c(F)cc1[C@@H](C)O. The van der Waals surface area contributed by atoms with Crippen LogP contribution >= 0.6 is 0 Å². The van der Waals surface area contributed by atoms with E-state index in [-0.39, 0.29) is 11.9 Å². The van der Waals surface area contributed by atoms with Gasteiger partial charge in [-0.3, -0.25) is 0 Å². The van der Waals surface area contributed by atoms with Gasteiger partial charge in [-0.25, -0.2) is 4.39 Å². The largest absolute Gasteiger partial charge is 0.389 e. The van der Waals surface area contributed by atoms with Gasteiger partial charge in [0.15, 0.2) is 0 Å². The van der Waals surface area contributed by atoms with Gasteiger partial charge < -0.3 is 14.7 Å². The predicted octanol–water partition coefficient (Wildman–Crippen LogP) is 2.80. The Hall–Kier alpha value is -1.13. The zero-order valence-corrected chi connectivity index (χ0v) is 11.8. The number of aliphatic hydroxyl groups is 1. The first-order valence-corrected chi connectivity index (χ1v) is 6.87. The number of benzene rings is 1. The van der Waals surface area contributed by atoms with Crippen LogP contribution in [0.15, 0.2) is 12.1 Å². The molecule has 1 saturated heterocycles. The lowest BCUT2D eigenvalue weighted by atomic mass is 10.0. The van der Waals surface area contributed by atoms with Crippen LogP contribution in [0.25, 0.3) is 0 Å². The molecule has 1 heterocycles. The molecule has 1 unspecified atom stereocenters. The average molecular weight is 267 g/mol. The molecular weight excluding hydrogens is 245 g/mol. The van der Waals surface area contributed by atoms with Gasteiger partial charge in [-0.1, -0.05) is 6.92 Å². The number of rotatable bonds is 3. The Labute approximate surface area is 114 Å². The second-order valence-corrected chi connectivity index (χ2v) is 5.17. The summed E-state index contributed by atoms with van der Waals surface area (Å²) in [5.74, 6) is -0.263. The Balaban J connectivity index is 2.44. The second-order valence-electron chi connectivity index (χ2n) is 5.17. The molecule has 1 aliphatic rings. The van der Waals surface area contributed by atoms with Crippen LogP contribution in [-0.2, 0) is 4.74 Å². The molecule has 1 aromatic carbocycles. The van der Waals surface area contributed by atoms with E-state index in [1.54, 1.807) is 13.8 Å². The summed E-state index contributed by atoms with van der Waals surface area (Å²) in [4.78, 5) is 2.23. The van der Waals surface area contributed by atoms with Gasteiger partial charge in [0, 0.05) is 17.8 Å². The van der Waals surface area contributed by atoms with Crippen molar-refractivity contribution < 1.29 is 14.2 Å². The van der Waals surface area contributed by atoms with E-state index in [9.17, 15) is 9.50 Å². The fourth-order valence-corrected chi connectivity index (χ4v) is 2.58. The molecule has 1 fully saturated rings. The molecule has 2 atom stereocenters. The molecule has 106 valence electrons. The van der Waals surface area contributed by atoms with E-state index in [4.69, 9.17) is 4.74 Å². The highest BCUT2D eigenvalue weighted by molar-refractivity contribution is 5.57. The number of morpholine rings is 1. The summed E-state index contributed by atoms with van der Waals surface area (Å²) in [5, 5.41) is 9.88. The highest BCUT2D eigenvalue weighted by Crippen LogP contribution is 2.32. The van der Waals surface area contributed by atoms with E-state index in [0.717, 1.165) is 18.7 Å². The minimum Gasteiger partial charge on any atom is -0.389 e. The number of nitrogens with zero attached hydrogens (tertiary/aromatic N) is 1. The van der Waals surface area contributed by atoms with Crippen LogP contribution in [0.1, 0.15) is 37.5 Å². The summed E-state index contributed by atoms with van der Waals surface area (Å²) in [6.07, 6.45) is 0.292. The maximum Gasteiger partial charge on any atom is 0.126 e. The van der Waals surface area contributed by atoms with Crippen LogP contribution in [0.4, 0.5) is 10.1 Å². The zero-order chi connectivity index (χ0) is 14.0. The second kappa shape index (κ2) is 5.88. The number of hydrogen-bond acceptors (Lipinski definition) is 3. The van der Waals surface area contributed by atoms with Crippen molar-refractivity contribution in [2.24, 2.45) is 0 Å². The molecule has 0 aliphatic carbocycles. The average Bonchev–Trinajstić information content (AvgIpc) is 2.41. The van der Waals surface area contributed by atoms with Crippen LogP contribution in [0.2, 0.25) is 0 Å². The van der Waals surface area contributed by atoms with Crippen molar-refractivity contribution in [1.82, 2.24) is 0 Å². The van der Waals surface area contributed by atoms with Gasteiger partial charge in [-0.15, -0.1) is 0 Å². The molecule has 2 rings (SSSR count). The molecule has 0 spiro atoms. The van der Waals surface area contributed by atoms with E-state index in [1.807, 2.05) is 6.07 Å². The molecule has 0 radical (unpaired) electrons. The predicted molar refractivity (Wildman–Crippen MR) is 74.0 cm³/mol. The van der Waals surface area contributed by atoms with E-state index in [1.165, 1.54) is 6.07 Å². The van der Waals surface area contributed by atoms with Crippen LogP contribution in [0.5, 0.6) is 0 Å². The standard InChI is InChI=1S/C15H22FNO2/c1-4-12-9-19-6-5-17(12)15-7-10(2)14(16)8-13(15)11(3)18/h7-8,11-12,18H,4-6,9H2,1-3H3/t11-,12?/m1/s1. The van der Waals surface area contributed by atoms with Crippen molar-refractivity contribution in [2.75, 3.05) is 24.7 Å². The Morgan fingerprint density at radius 1 is 1.53 bits per heavy atom. The number of anilines is 1. The highest BCUT2D eigenvalue weighted by Gasteiger charge is 2.25. The van der Waals surface area contributed by atoms with Crippen LogP contribution in [-0.4, -0.2) is 30.9 Å². The molecule has 1 N–H and O–H groups in total. The Morgan fingerprint density at radius 2 is 2.26 bits per heavy atom. The number of hydrogen-bond donors (Lipinski definition) is 1. The Kier molecular flexibility index (Phi) is 4.42. The maximum atomic E-state index is 13.7. The topological polar surface area (TPSA) is 32.7 Å². The monoisotopic (exact) mass is 267 g/mol. The molecule has 0 amide bonds. The van der Waals surface area contributed by atoms with Crippen molar-refractivity contribution in [3.05, 3.63) is 29.1 Å². The summed E-state index contributed by atoms with van der Waals surface area (Å²) in [6, 6.07) is 3.58. The number of aliphatic hydroxyl groups excluding tert-OH is 1. The lowest BCUT2D eigenvalue weighted by Crippen LogP contribution is -2.45. The third-order valence-electron chi connectivity index (χ3n) is 3.77. The summed E-state index contributed by atoms with van der Waals surface area (Å²) in [6.45, 7) is 7.69. The Morgan fingerprint density at radius 3 is 2.89 bits per heavy atom. The van der Waals surface area contributed by atoms with Gasteiger partial charge in [0.2, 0.25) is 0 Å². The summed E-state index contributed by atoms with van der Waals surface area (Å²) < 4.78 is 19.2. The molecule has 1 aliphatic heterocycles. The quantitative estimate of drug-likeness (QED) is 0.914. The number of ether oxygens (including phenoxy) is 1. The number of aryl methyl sites for hydroxylation is 1. The van der Waals surface area contributed by atoms with E-state index >= 15 is 0 Å². The van der Waals surface area contributed by atoms with E-state index in [2.05, 4.69) is 11.8 Å². The van der Waals surface area contributed by atoms with Crippen molar-refractivity contribution in [2.45, 2.75) is 39.3 Å². The van der Waals surface area contributed by atoms with Gasteiger partial charge in [0.1, 0.15) is 5.82 Å². The van der Waals surface area contributed by atoms with E-state index in [0.29, 0.717) is 24.3 Å². The first-order chi connectivity index (χ1) is 9.04. The maximum absolute atomic E-state index is 13.7. The van der Waals surface area contributed by atoms with Crippen LogP contribution in [0, 0.1) is 12.7 Å². The molecular formula is C15H22FNO2. The molecule has 3 nitrogen and oxygen atoms in total. The minimum absolute atomic E-state index is 0.263. The lowest BCUT2D eigenvalue weighted by Gasteiger charge is -2.38. The lowest BCUT2D eigenvalue weighted by molar-refractivity contribution is 0.0924. The van der Waals surface area contributed by atoms with E-state index < -0.39 is 6.10 Å². The minimum atomic E-state index is -0.676. The summed E-state index contributed by atoms with van der Waals surface area (Å²) in [7, 11) is 0. The molecule has 4 heteroatoms. The normalized spacial score (nSPS) is 21.5. The summed E-state index contributed by atoms with van der Waals surface area (Å²) >= 11 is 0. The fraction of sp³-hybridized carbons (Fsp3) is 0.600. The molecule has 0 aromatic heterocycles. The molecule has 19 heavy (non-hydrogen) atoms. The smallest absolute Gasteiger partial charge is 0.126 e. The van der Waals surface area contributed by atoms with Crippen LogP contribution < -0.4 is 4.90 Å². The van der Waals surface area contributed by atoms with Gasteiger partial charge >= 0.3 is 0 Å². The zero-order valence-electron chi connectivity index (χ0n) is 11.8. The van der Waals surface area contributed by atoms with Gasteiger partial charge in [-0.05, 0) is 38.0 Å². The van der Waals surface area contributed by atoms with Crippen molar-refractivity contribution in [3.63, 3.8) is 0 Å². The first-order valence-electron chi connectivity index (χ1n) is 6.87. The molecule has 0 saturated carbocycles. The van der Waals surface area contributed by atoms with Crippen LogP contribution in [0.3, 0.4) is 0 Å². The van der Waals surface area contributed by atoms with Crippen molar-refractivity contribution >= 4 is 5.69 Å². The molecule has 1 aromatic rings. The number of halogens is 1. The van der Waals surface area contributed by atoms with Gasteiger partial charge in [-0.2, -0.15) is 0 Å². The van der Waals surface area contributed by atoms with Crippen molar-refractivity contribution in [1.29, 1.82) is 0 Å². The van der Waals surface area contributed by atoms with Crippen molar-refractivity contribution in [3.8, 4) is 0 Å². The van der Waals surface area contributed by atoms with Gasteiger partial charge in [0.05, 0.1) is 25.4 Å². The molecule has 0 bridgehead atoms. The Bertz CT molecular complexity index is 448. The highest BCUT2D eigenvalue weighted by atomic mass is 19.1. The van der Waals surface area contributed by atoms with Gasteiger partial charge in [0.25, 0.3) is 0 Å². The first kappa shape index (κ1) is 14.3.